The second kappa shape index (κ2) is 7.00. The van der Waals surface area contributed by atoms with Crippen LogP contribution in [0.5, 0.6) is 0 Å². The number of hydrogen-bond acceptors (Lipinski definition) is 5. The number of para-hydroxylation sites is 1. The molecule has 126 valence electrons. The molecular formula is C17H20N4O2S. The summed E-state index contributed by atoms with van der Waals surface area (Å²) in [5.41, 5.74) is 1.50. The van der Waals surface area contributed by atoms with Crippen LogP contribution in [0.15, 0.2) is 35.8 Å². The monoisotopic (exact) mass is 344 g/mol. The summed E-state index contributed by atoms with van der Waals surface area (Å²) < 4.78 is 0. The van der Waals surface area contributed by atoms with Gasteiger partial charge in [0.25, 0.3) is 5.91 Å². The van der Waals surface area contributed by atoms with E-state index >= 15 is 0 Å². The molecule has 0 saturated heterocycles. The van der Waals surface area contributed by atoms with Crippen LogP contribution in [0.3, 0.4) is 0 Å². The SMILES string of the molecule is CC(C)[C@H]1Nc2ccccc2C(=O)N1CCC(=O)Nc1nccs1. The highest BCUT2D eigenvalue weighted by atomic mass is 32.1. The summed E-state index contributed by atoms with van der Waals surface area (Å²) in [5, 5.41) is 8.54. The van der Waals surface area contributed by atoms with Crippen molar-refractivity contribution in [3.8, 4) is 0 Å². The van der Waals surface area contributed by atoms with Crippen LogP contribution in [0.1, 0.15) is 30.6 Å². The van der Waals surface area contributed by atoms with Crippen molar-refractivity contribution in [2.45, 2.75) is 26.4 Å². The molecule has 1 aromatic heterocycles. The van der Waals surface area contributed by atoms with E-state index in [-0.39, 0.29) is 30.3 Å². The summed E-state index contributed by atoms with van der Waals surface area (Å²) in [4.78, 5) is 30.7. The molecule has 6 nitrogen and oxygen atoms in total. The fraction of sp³-hybridized carbons (Fsp3) is 0.353. The number of benzene rings is 1. The first-order chi connectivity index (χ1) is 11.6. The van der Waals surface area contributed by atoms with Crippen LogP contribution >= 0.6 is 11.3 Å². The Bertz CT molecular complexity index is 730. The third-order valence-electron chi connectivity index (χ3n) is 3.95. The lowest BCUT2D eigenvalue weighted by Crippen LogP contribution is -2.52. The molecule has 0 unspecified atom stereocenters. The van der Waals surface area contributed by atoms with E-state index in [1.54, 1.807) is 16.5 Å². The van der Waals surface area contributed by atoms with Crippen LogP contribution in [0.2, 0.25) is 0 Å². The third-order valence-corrected chi connectivity index (χ3v) is 4.64. The summed E-state index contributed by atoms with van der Waals surface area (Å²) in [6, 6.07) is 7.48. The minimum absolute atomic E-state index is 0.0369. The molecule has 0 fully saturated rings. The van der Waals surface area contributed by atoms with Crippen LogP contribution in [0.4, 0.5) is 10.8 Å². The number of amides is 2. The third kappa shape index (κ3) is 3.41. The number of nitrogens with zero attached hydrogens (tertiary/aromatic N) is 2. The van der Waals surface area contributed by atoms with E-state index in [1.165, 1.54) is 11.3 Å². The number of fused-ring (bicyclic) bond motifs is 1. The zero-order valence-corrected chi connectivity index (χ0v) is 14.5. The number of hydrogen-bond donors (Lipinski definition) is 2. The molecule has 1 aliphatic heterocycles. The number of nitrogens with one attached hydrogen (secondary N) is 2. The van der Waals surface area contributed by atoms with Gasteiger partial charge in [0.05, 0.1) is 5.56 Å². The van der Waals surface area contributed by atoms with E-state index < -0.39 is 0 Å². The molecule has 0 aliphatic carbocycles. The molecule has 2 heterocycles. The van der Waals surface area contributed by atoms with Crippen LogP contribution in [0, 0.1) is 5.92 Å². The Hall–Kier alpha value is -2.41. The van der Waals surface area contributed by atoms with Gasteiger partial charge in [0.15, 0.2) is 5.13 Å². The normalized spacial score (nSPS) is 16.7. The fourth-order valence-electron chi connectivity index (χ4n) is 2.77. The molecule has 2 aromatic rings. The highest BCUT2D eigenvalue weighted by Crippen LogP contribution is 2.28. The zero-order valence-electron chi connectivity index (χ0n) is 13.7. The first-order valence-electron chi connectivity index (χ1n) is 7.92. The van der Waals surface area contributed by atoms with Crippen LogP contribution < -0.4 is 10.6 Å². The Labute approximate surface area is 144 Å². The van der Waals surface area contributed by atoms with Crippen molar-refractivity contribution in [3.63, 3.8) is 0 Å². The number of aromatic nitrogens is 1. The lowest BCUT2D eigenvalue weighted by Gasteiger charge is -2.40. The Morgan fingerprint density at radius 3 is 2.92 bits per heavy atom. The molecule has 7 heteroatoms. The lowest BCUT2D eigenvalue weighted by molar-refractivity contribution is -0.116. The van der Waals surface area contributed by atoms with Crippen molar-refractivity contribution in [1.29, 1.82) is 0 Å². The number of thiazole rings is 1. The van der Waals surface area contributed by atoms with Gasteiger partial charge >= 0.3 is 0 Å². The van der Waals surface area contributed by atoms with Crippen molar-refractivity contribution in [3.05, 3.63) is 41.4 Å². The number of carbonyl (C=O) groups excluding carboxylic acids is 2. The van der Waals surface area contributed by atoms with Crippen LogP contribution in [-0.2, 0) is 4.79 Å². The standard InChI is InChI=1S/C17H20N4O2S/c1-11(2)15-19-13-6-4-3-5-12(13)16(23)21(15)9-7-14(22)20-17-18-8-10-24-17/h3-6,8,10-11,15,19H,7,9H2,1-2H3,(H,18,20,22)/t15-/m0/s1. The van der Waals surface area contributed by atoms with E-state index in [9.17, 15) is 9.59 Å². The van der Waals surface area contributed by atoms with Gasteiger partial charge in [-0.15, -0.1) is 11.3 Å². The Morgan fingerprint density at radius 2 is 2.21 bits per heavy atom. The lowest BCUT2D eigenvalue weighted by atomic mass is 10.0. The Morgan fingerprint density at radius 1 is 1.42 bits per heavy atom. The molecule has 2 N–H and O–H groups in total. The van der Waals surface area contributed by atoms with Crippen molar-refractivity contribution in [2.24, 2.45) is 5.92 Å². The van der Waals surface area contributed by atoms with Gasteiger partial charge in [-0.2, -0.15) is 0 Å². The molecule has 1 atom stereocenters. The first-order valence-corrected chi connectivity index (χ1v) is 8.80. The van der Waals surface area contributed by atoms with Crippen LogP contribution in [-0.4, -0.2) is 34.4 Å². The van der Waals surface area contributed by atoms with Gasteiger partial charge in [-0.05, 0) is 18.1 Å². The second-order valence-electron chi connectivity index (χ2n) is 6.01. The molecule has 1 aliphatic rings. The van der Waals surface area contributed by atoms with E-state index in [2.05, 4.69) is 29.5 Å². The van der Waals surface area contributed by atoms with E-state index in [0.29, 0.717) is 17.2 Å². The highest BCUT2D eigenvalue weighted by molar-refractivity contribution is 7.13. The van der Waals surface area contributed by atoms with Gasteiger partial charge in [-0.3, -0.25) is 9.59 Å². The maximum Gasteiger partial charge on any atom is 0.257 e. The van der Waals surface area contributed by atoms with E-state index in [4.69, 9.17) is 0 Å². The summed E-state index contributed by atoms with van der Waals surface area (Å²) in [6.07, 6.45) is 1.75. The van der Waals surface area contributed by atoms with Crippen molar-refractivity contribution in [2.75, 3.05) is 17.2 Å². The number of carbonyl (C=O) groups is 2. The predicted octanol–water partition coefficient (Wildman–Crippen LogP) is 3.02. The molecule has 0 bridgehead atoms. The van der Waals surface area contributed by atoms with Gasteiger partial charge in [0, 0.05) is 30.2 Å². The van der Waals surface area contributed by atoms with Gasteiger partial charge in [0.2, 0.25) is 5.91 Å². The smallest absolute Gasteiger partial charge is 0.257 e. The molecule has 3 rings (SSSR count). The summed E-state index contributed by atoms with van der Waals surface area (Å²) in [7, 11) is 0. The summed E-state index contributed by atoms with van der Waals surface area (Å²) in [6.45, 7) is 4.48. The van der Waals surface area contributed by atoms with E-state index in [1.807, 2.05) is 24.3 Å². The molecule has 24 heavy (non-hydrogen) atoms. The number of rotatable bonds is 5. The largest absolute Gasteiger partial charge is 0.364 e. The molecule has 0 saturated carbocycles. The Kier molecular flexibility index (Phi) is 4.80. The quantitative estimate of drug-likeness (QED) is 0.874. The summed E-state index contributed by atoms with van der Waals surface area (Å²) >= 11 is 1.37. The second-order valence-corrected chi connectivity index (χ2v) is 6.91. The number of anilines is 2. The minimum Gasteiger partial charge on any atom is -0.364 e. The van der Waals surface area contributed by atoms with Crippen molar-refractivity contribution in [1.82, 2.24) is 9.88 Å². The Balaban J connectivity index is 1.70. The average Bonchev–Trinajstić information content (AvgIpc) is 3.06. The summed E-state index contributed by atoms with van der Waals surface area (Å²) in [5.74, 6) is 0.0496. The zero-order chi connectivity index (χ0) is 17.1. The van der Waals surface area contributed by atoms with Gasteiger partial charge in [0.1, 0.15) is 6.17 Å². The predicted molar refractivity (Wildman–Crippen MR) is 95.1 cm³/mol. The first kappa shape index (κ1) is 16.4. The molecule has 0 radical (unpaired) electrons. The molecule has 2 amide bonds. The molecular weight excluding hydrogens is 324 g/mol. The van der Waals surface area contributed by atoms with Crippen molar-refractivity contribution < 1.29 is 9.59 Å². The maximum absolute atomic E-state index is 12.8. The van der Waals surface area contributed by atoms with Gasteiger partial charge < -0.3 is 15.5 Å². The molecule has 0 spiro atoms. The highest BCUT2D eigenvalue weighted by Gasteiger charge is 2.33. The van der Waals surface area contributed by atoms with Gasteiger partial charge in [-0.1, -0.05) is 26.0 Å². The van der Waals surface area contributed by atoms with Crippen molar-refractivity contribution >= 4 is 34.0 Å². The van der Waals surface area contributed by atoms with E-state index in [0.717, 1.165) is 5.69 Å². The topological polar surface area (TPSA) is 74.3 Å². The van der Waals surface area contributed by atoms with Gasteiger partial charge in [-0.25, -0.2) is 4.98 Å². The maximum atomic E-state index is 12.8. The molecule has 1 aromatic carbocycles. The fourth-order valence-corrected chi connectivity index (χ4v) is 3.31. The average molecular weight is 344 g/mol. The van der Waals surface area contributed by atoms with Crippen LogP contribution in [0.25, 0.3) is 0 Å². The minimum atomic E-state index is -0.140.